The minimum Gasteiger partial charge on any atom is -0.371 e. The largest absolute Gasteiger partial charge is 0.371 e. The zero-order valence-corrected chi connectivity index (χ0v) is 12.7. The Morgan fingerprint density at radius 2 is 2.05 bits per heavy atom. The minimum absolute atomic E-state index is 0.00633. The third-order valence-electron chi connectivity index (χ3n) is 4.11. The van der Waals surface area contributed by atoms with Gasteiger partial charge in [-0.15, -0.1) is 23.2 Å². The average Bonchev–Trinajstić information content (AvgIpc) is 2.89. The van der Waals surface area contributed by atoms with Crippen LogP contribution in [0, 0.1) is 11.8 Å². The van der Waals surface area contributed by atoms with E-state index in [1.165, 1.54) is 5.69 Å². The molecule has 1 amide bonds. The van der Waals surface area contributed by atoms with Gasteiger partial charge in [-0.05, 0) is 30.9 Å². The van der Waals surface area contributed by atoms with Crippen LogP contribution in [0.4, 0.5) is 5.69 Å². The minimum atomic E-state index is -0.824. The van der Waals surface area contributed by atoms with Crippen LogP contribution in [0.5, 0.6) is 0 Å². The van der Waals surface area contributed by atoms with Gasteiger partial charge in [0.05, 0.1) is 5.92 Å². The lowest BCUT2D eigenvalue weighted by molar-refractivity contribution is -0.122. The number of hydrogen-bond acceptors (Lipinski definition) is 2. The lowest BCUT2D eigenvalue weighted by Gasteiger charge is -2.18. The topological polar surface area (TPSA) is 32.3 Å². The van der Waals surface area contributed by atoms with Gasteiger partial charge >= 0.3 is 0 Å². The van der Waals surface area contributed by atoms with E-state index in [1.807, 2.05) is 6.07 Å². The molecule has 2 atom stereocenters. The first kappa shape index (κ1) is 14.0. The third kappa shape index (κ3) is 3.04. The molecule has 0 spiro atoms. The average molecular weight is 313 g/mol. The van der Waals surface area contributed by atoms with Gasteiger partial charge in [-0.3, -0.25) is 4.79 Å². The van der Waals surface area contributed by atoms with Crippen molar-refractivity contribution in [2.75, 3.05) is 24.5 Å². The van der Waals surface area contributed by atoms with E-state index in [1.54, 1.807) is 0 Å². The van der Waals surface area contributed by atoms with Crippen molar-refractivity contribution < 1.29 is 4.79 Å². The molecule has 1 heterocycles. The Morgan fingerprint density at radius 3 is 2.70 bits per heavy atom. The fourth-order valence-corrected chi connectivity index (χ4v) is 3.25. The molecule has 1 saturated heterocycles. The van der Waals surface area contributed by atoms with Crippen LogP contribution in [0.3, 0.4) is 0 Å². The number of para-hydroxylation sites is 1. The second kappa shape index (κ2) is 5.45. The van der Waals surface area contributed by atoms with Crippen LogP contribution in [0.1, 0.15) is 12.8 Å². The van der Waals surface area contributed by atoms with Gasteiger partial charge in [0.15, 0.2) is 0 Å². The van der Waals surface area contributed by atoms with Gasteiger partial charge in [-0.25, -0.2) is 0 Å². The maximum Gasteiger partial charge on any atom is 0.226 e. The highest BCUT2D eigenvalue weighted by molar-refractivity contribution is 6.52. The summed E-state index contributed by atoms with van der Waals surface area (Å²) in [6, 6.07) is 10.4. The molecular weight excluding hydrogens is 295 g/mol. The van der Waals surface area contributed by atoms with E-state index < -0.39 is 4.33 Å². The molecule has 20 heavy (non-hydrogen) atoms. The van der Waals surface area contributed by atoms with Crippen LogP contribution >= 0.6 is 23.2 Å². The first-order valence-corrected chi connectivity index (χ1v) is 7.77. The van der Waals surface area contributed by atoms with E-state index in [4.69, 9.17) is 23.2 Å². The van der Waals surface area contributed by atoms with E-state index in [9.17, 15) is 4.79 Å². The number of carbonyl (C=O) groups excluding carboxylic acids is 1. The first-order chi connectivity index (χ1) is 9.56. The number of nitrogens with one attached hydrogen (secondary N) is 1. The van der Waals surface area contributed by atoms with Gasteiger partial charge in [0, 0.05) is 25.3 Å². The molecule has 3 rings (SSSR count). The lowest BCUT2D eigenvalue weighted by Crippen LogP contribution is -2.33. The van der Waals surface area contributed by atoms with Gasteiger partial charge in [-0.2, -0.15) is 0 Å². The van der Waals surface area contributed by atoms with Crippen LogP contribution in [-0.2, 0) is 4.79 Å². The molecule has 0 radical (unpaired) electrons. The summed E-state index contributed by atoms with van der Waals surface area (Å²) in [5.74, 6) is 0.267. The summed E-state index contributed by atoms with van der Waals surface area (Å²) in [6.07, 6.45) is 1.68. The number of halogens is 2. The van der Waals surface area contributed by atoms with Gasteiger partial charge in [0.2, 0.25) is 5.91 Å². The summed E-state index contributed by atoms with van der Waals surface area (Å²) >= 11 is 11.8. The van der Waals surface area contributed by atoms with Gasteiger partial charge in [0.25, 0.3) is 0 Å². The molecule has 3 nitrogen and oxygen atoms in total. The van der Waals surface area contributed by atoms with Crippen molar-refractivity contribution in [3.63, 3.8) is 0 Å². The normalized spacial score (nSPS) is 27.4. The van der Waals surface area contributed by atoms with E-state index in [0.29, 0.717) is 18.9 Å². The zero-order chi connectivity index (χ0) is 14.2. The molecule has 0 aromatic heterocycles. The Bertz CT molecular complexity index is 492. The van der Waals surface area contributed by atoms with Gasteiger partial charge in [-0.1, -0.05) is 18.2 Å². The van der Waals surface area contributed by atoms with Crippen molar-refractivity contribution >= 4 is 34.8 Å². The smallest absolute Gasteiger partial charge is 0.226 e. The highest BCUT2D eigenvalue weighted by atomic mass is 35.5. The molecule has 1 N–H and O–H groups in total. The van der Waals surface area contributed by atoms with E-state index in [0.717, 1.165) is 19.5 Å². The summed E-state index contributed by atoms with van der Waals surface area (Å²) in [7, 11) is 0. The Labute approximate surface area is 129 Å². The quantitative estimate of drug-likeness (QED) is 0.867. The van der Waals surface area contributed by atoms with Crippen LogP contribution in [-0.4, -0.2) is 29.9 Å². The second-order valence-electron chi connectivity index (χ2n) is 5.70. The molecule has 0 bridgehead atoms. The highest BCUT2D eigenvalue weighted by Gasteiger charge is 2.56. The molecule has 5 heteroatoms. The molecule has 1 aromatic rings. The summed E-state index contributed by atoms with van der Waals surface area (Å²) in [5, 5.41) is 2.98. The zero-order valence-electron chi connectivity index (χ0n) is 11.2. The molecule has 1 aliphatic heterocycles. The molecule has 2 unspecified atom stereocenters. The number of anilines is 1. The lowest BCUT2D eigenvalue weighted by atomic mass is 10.1. The van der Waals surface area contributed by atoms with Crippen molar-refractivity contribution in [1.29, 1.82) is 0 Å². The number of nitrogens with zero attached hydrogens (tertiary/aromatic N) is 1. The Hall–Kier alpha value is -0.930. The Balaban J connectivity index is 1.46. The highest BCUT2D eigenvalue weighted by Crippen LogP contribution is 2.53. The van der Waals surface area contributed by atoms with Crippen LogP contribution < -0.4 is 10.2 Å². The number of hydrogen-bond donors (Lipinski definition) is 1. The van der Waals surface area contributed by atoms with Crippen LogP contribution in [0.2, 0.25) is 0 Å². The van der Waals surface area contributed by atoms with Crippen LogP contribution in [0.15, 0.2) is 30.3 Å². The maximum absolute atomic E-state index is 11.8. The molecule has 1 saturated carbocycles. The number of amides is 1. The van der Waals surface area contributed by atoms with E-state index in [2.05, 4.69) is 34.5 Å². The van der Waals surface area contributed by atoms with E-state index in [-0.39, 0.29) is 11.8 Å². The van der Waals surface area contributed by atoms with E-state index >= 15 is 0 Å². The monoisotopic (exact) mass is 312 g/mol. The Morgan fingerprint density at radius 1 is 1.35 bits per heavy atom. The predicted molar refractivity (Wildman–Crippen MR) is 82.3 cm³/mol. The number of rotatable bonds is 4. The number of alkyl halides is 2. The van der Waals surface area contributed by atoms with Crippen LogP contribution in [0.25, 0.3) is 0 Å². The molecule has 1 aliphatic carbocycles. The standard InChI is InChI=1S/C15H18Cl2N2O/c16-15(17)8-13(15)14(20)18-9-11-6-7-19(10-11)12-4-2-1-3-5-12/h1-5,11,13H,6-10H2,(H,18,20). The van der Waals surface area contributed by atoms with Crippen molar-refractivity contribution in [2.24, 2.45) is 11.8 Å². The number of carbonyl (C=O) groups is 1. The fraction of sp³-hybridized carbons (Fsp3) is 0.533. The summed E-state index contributed by atoms with van der Waals surface area (Å²) in [5.41, 5.74) is 1.25. The summed E-state index contributed by atoms with van der Waals surface area (Å²) in [6.45, 7) is 2.74. The predicted octanol–water partition coefficient (Wildman–Crippen LogP) is 2.82. The van der Waals surface area contributed by atoms with Crippen molar-refractivity contribution in [3.05, 3.63) is 30.3 Å². The third-order valence-corrected chi connectivity index (χ3v) is 4.95. The molecule has 108 valence electrons. The SMILES string of the molecule is O=C(NCC1CCN(c2ccccc2)C1)C1CC1(Cl)Cl. The maximum atomic E-state index is 11.8. The van der Waals surface area contributed by atoms with Crippen molar-refractivity contribution in [1.82, 2.24) is 5.32 Å². The molecule has 1 aromatic carbocycles. The fourth-order valence-electron chi connectivity index (χ4n) is 2.74. The first-order valence-electron chi connectivity index (χ1n) is 7.02. The number of benzene rings is 1. The molecule has 2 fully saturated rings. The Kier molecular flexibility index (Phi) is 3.83. The van der Waals surface area contributed by atoms with Gasteiger partial charge in [0.1, 0.15) is 4.33 Å². The van der Waals surface area contributed by atoms with Crippen molar-refractivity contribution in [3.8, 4) is 0 Å². The molecular formula is C15H18Cl2N2O. The summed E-state index contributed by atoms with van der Waals surface area (Å²) < 4.78 is -0.824. The second-order valence-corrected chi connectivity index (χ2v) is 7.24. The van der Waals surface area contributed by atoms with Gasteiger partial charge < -0.3 is 10.2 Å². The molecule has 2 aliphatic rings. The van der Waals surface area contributed by atoms with Crippen molar-refractivity contribution in [2.45, 2.75) is 17.2 Å². The summed E-state index contributed by atoms with van der Waals surface area (Å²) in [4.78, 5) is 14.2.